The maximum absolute atomic E-state index is 16.7. The fourth-order valence-corrected chi connectivity index (χ4v) is 31.5. The highest BCUT2D eigenvalue weighted by Crippen LogP contribution is 2.87. The second-order valence-corrected chi connectivity index (χ2v) is 32.1. The molecular weight excluding hydrogens is 1050 g/mol. The van der Waals surface area contributed by atoms with Crippen LogP contribution in [0.2, 0.25) is 0 Å². The van der Waals surface area contributed by atoms with Crippen molar-refractivity contribution in [1.29, 1.82) is 0 Å². The lowest BCUT2D eigenvalue weighted by molar-refractivity contribution is -0.128. The molecule has 3 aliphatic heterocycles. The van der Waals surface area contributed by atoms with Crippen molar-refractivity contribution in [1.82, 2.24) is 4.90 Å². The summed E-state index contributed by atoms with van der Waals surface area (Å²) >= 11 is 7.72. The lowest BCUT2D eigenvalue weighted by Gasteiger charge is -2.51. The second kappa shape index (κ2) is 7.96. The Labute approximate surface area is 456 Å². The standard InChI is InChI=1S/C74H10NOS4/c76-70(9-3-1-2-4-9)75-8-73-65-57-49-39-29-21-13-11-12-15-19-17(13)25-33-27(19)37-31-23(15)24-16(12)20-18-14(11)22(21)30-36-26(18)34-28(20)38-32(24)42-41(31)53-47(37)55-45(33)51(43(49)35(25)29)59(65)61(55)67-63(53)64-54(42)48(38)56-46(34)52-44(36)50(40(30)39)58(57)66(73)60(52)62(56)68(64)74(67,73)69(75)10-7-79-72(80-10)71-77-5-6-78-71/h1-7,69H,8H2. The molecular formula is C74H10NOS4. The van der Waals surface area contributed by atoms with Crippen molar-refractivity contribution >= 4 is 344 Å². The number of carbonyl (C=O) groups is 1. The van der Waals surface area contributed by atoms with E-state index in [1.54, 1.807) is 313 Å². The summed E-state index contributed by atoms with van der Waals surface area (Å²) in [6.07, 6.45) is 8.46. The molecule has 1 unspecified atom stereocenters. The Morgan fingerprint density at radius 2 is 0.600 bits per heavy atom. The minimum atomic E-state index is -0.589. The normalized spacial score (nSPS) is 25.2. The molecule has 2 fully saturated rings. The molecule has 5 aliphatic carbocycles. The van der Waals surface area contributed by atoms with Crippen molar-refractivity contribution in [2.24, 2.45) is 0 Å². The van der Waals surface area contributed by atoms with Gasteiger partial charge in [-0.1, -0.05) is 47.0 Å². The summed E-state index contributed by atoms with van der Waals surface area (Å²) in [6.45, 7) is 0.677. The summed E-state index contributed by atoms with van der Waals surface area (Å²) in [5.74, 6) is 1.04. The Balaban J connectivity index is 1.01. The van der Waals surface area contributed by atoms with Crippen LogP contribution in [0.1, 0.15) is 22.3 Å². The van der Waals surface area contributed by atoms with Gasteiger partial charge in [0.15, 0.2) is 0 Å². The first-order chi connectivity index (χ1) is 39.8. The van der Waals surface area contributed by atoms with E-state index in [-0.39, 0.29) is 11.9 Å². The predicted octanol–water partition coefficient (Wildman–Crippen LogP) is 20.3. The van der Waals surface area contributed by atoms with Crippen molar-refractivity contribution in [3.63, 3.8) is 0 Å². The molecule has 6 heteroatoms. The average Bonchev–Trinajstić information content (AvgIpc) is 1.50. The molecule has 5 radical (unpaired) electrons. The highest BCUT2D eigenvalue weighted by molar-refractivity contribution is 8.33. The number of carbonyl (C=O) groups excluding carboxylic acids is 1. The average molecular weight is 1060 g/mol. The van der Waals surface area contributed by atoms with E-state index >= 15 is 4.79 Å². The Kier molecular flexibility index (Phi) is 3.25. The zero-order valence-electron chi connectivity index (χ0n) is 40.3. The summed E-state index contributed by atoms with van der Waals surface area (Å²) in [5, 5.41) is 94.2. The maximum atomic E-state index is 16.7. The van der Waals surface area contributed by atoms with Gasteiger partial charge in [-0.05, 0) is 355 Å². The smallest absolute Gasteiger partial charge is 0.231 e. The largest absolute Gasteiger partial charge is 0.332 e. The predicted molar refractivity (Wildman–Crippen MR) is 344 cm³/mol. The molecule has 2 nitrogen and oxygen atoms in total. The molecule has 36 rings (SSSR count). The van der Waals surface area contributed by atoms with Crippen LogP contribution in [0.5, 0.6) is 0 Å². The maximum Gasteiger partial charge on any atom is 0.231 e. The van der Waals surface area contributed by atoms with Gasteiger partial charge in [-0.15, -0.1) is 0 Å². The van der Waals surface area contributed by atoms with Gasteiger partial charge in [0.2, 0.25) is 5.91 Å². The third-order valence-corrected chi connectivity index (χ3v) is 32.3. The van der Waals surface area contributed by atoms with Gasteiger partial charge in [-0.2, -0.15) is 0 Å². The van der Waals surface area contributed by atoms with Crippen molar-refractivity contribution in [2.45, 2.75) is 16.9 Å². The molecule has 1 amide bonds. The van der Waals surface area contributed by atoms with Crippen LogP contribution in [-0.4, -0.2) is 23.4 Å². The van der Waals surface area contributed by atoms with Crippen LogP contribution in [-0.2, 0) is 15.6 Å². The molecule has 0 bridgehead atoms. The topological polar surface area (TPSA) is 20.3 Å². The second-order valence-electron chi connectivity index (χ2n) is 27.8. The number of hydrogen-bond donors (Lipinski definition) is 0. The summed E-state index contributed by atoms with van der Waals surface area (Å²) in [5.41, 5.74) is 5.41. The molecule has 1 atom stereocenters. The van der Waals surface area contributed by atoms with E-state index in [9.17, 15) is 0 Å². The fourth-order valence-electron chi connectivity index (χ4n) is 26.9. The van der Waals surface area contributed by atoms with Crippen molar-refractivity contribution < 1.29 is 4.79 Å². The monoisotopic (exact) mass is 1060 g/mol. The van der Waals surface area contributed by atoms with Crippen LogP contribution in [0.3, 0.4) is 0 Å². The number of amides is 1. The number of benzene rings is 18. The van der Waals surface area contributed by atoms with E-state index in [1.165, 1.54) is 13.4 Å². The molecule has 0 aromatic heterocycles. The highest BCUT2D eigenvalue weighted by atomic mass is 32.2. The van der Waals surface area contributed by atoms with Crippen LogP contribution < -0.4 is 0 Å². The van der Waals surface area contributed by atoms with Crippen molar-refractivity contribution in [3.05, 3.63) is 83.5 Å². The molecule has 3 heterocycles. The molecule has 28 aromatic carbocycles. The van der Waals surface area contributed by atoms with Gasteiger partial charge in [0.1, 0.15) is 0 Å². The Morgan fingerprint density at radius 3 is 0.887 bits per heavy atom. The van der Waals surface area contributed by atoms with E-state index in [0.717, 1.165) is 5.92 Å². The Morgan fingerprint density at radius 1 is 0.338 bits per heavy atom. The van der Waals surface area contributed by atoms with Gasteiger partial charge in [0.05, 0.1) is 31.3 Å². The van der Waals surface area contributed by atoms with Crippen LogP contribution in [0.4, 0.5) is 0 Å². The lowest BCUT2D eigenvalue weighted by Crippen LogP contribution is -2.55. The van der Waals surface area contributed by atoms with Gasteiger partial charge in [0.25, 0.3) is 0 Å². The molecule has 341 valence electrons. The Bertz CT molecular complexity index is 7650. The van der Waals surface area contributed by atoms with E-state index < -0.39 is 10.8 Å². The van der Waals surface area contributed by atoms with Crippen LogP contribution >= 0.6 is 47.0 Å². The SMILES string of the molecule is O=C([C]1[CH][CH][CH][CH]1)N1CC23c4c5c6c7c8c9c(c%10c%11c2c2c4c4c%12c5c5c6c6c8c8c%13c9c9c%10c%10c%11c%11c2c2c4c4c%12c%12c5c5c6c8c6c8c%13c9c9c%10c%10c%11c2c2c4c4c%12c5c6c5c8c9c%10c2c45)C73C1C1=CSC(=C2SC=CS2)S1. The fraction of sp³-hybridized carbons (Fsp3) is 0.0541. The molecule has 1 saturated carbocycles. The molecule has 8 aliphatic rings. The van der Waals surface area contributed by atoms with Crippen LogP contribution in [0, 0.1) is 31.6 Å². The number of likely N-dealkylation sites (tertiary alicyclic amines) is 1. The van der Waals surface area contributed by atoms with Crippen molar-refractivity contribution in [3.8, 4) is 0 Å². The number of thioether (sulfide) groups is 4. The molecule has 28 aromatic rings. The van der Waals surface area contributed by atoms with Gasteiger partial charge in [0, 0.05) is 11.4 Å². The number of nitrogens with zero attached hydrogens (tertiary/aromatic N) is 1. The zero-order chi connectivity index (χ0) is 48.0. The third kappa shape index (κ3) is 1.94. The van der Waals surface area contributed by atoms with E-state index in [2.05, 4.69) is 46.8 Å². The summed E-state index contributed by atoms with van der Waals surface area (Å²) in [4.78, 5) is 20.6. The first kappa shape index (κ1) is 32.7. The molecule has 1 saturated heterocycles. The quantitative estimate of drug-likeness (QED) is 0.160. The summed E-state index contributed by atoms with van der Waals surface area (Å²) < 4.78 is 2.76. The number of hydrogen-bond acceptors (Lipinski definition) is 5. The van der Waals surface area contributed by atoms with Crippen LogP contribution in [0.25, 0.3) is 291 Å². The highest BCUT2D eigenvalue weighted by Gasteiger charge is 2.77. The molecule has 0 N–H and O–H groups in total. The minimum absolute atomic E-state index is 0.204. The van der Waals surface area contributed by atoms with Gasteiger partial charge >= 0.3 is 0 Å². The van der Waals surface area contributed by atoms with Gasteiger partial charge in [-0.3, -0.25) is 4.79 Å². The van der Waals surface area contributed by atoms with Gasteiger partial charge < -0.3 is 4.90 Å². The third-order valence-electron chi connectivity index (χ3n) is 27.2. The minimum Gasteiger partial charge on any atom is -0.332 e. The number of rotatable bonds is 2. The first-order valence-electron chi connectivity index (χ1n) is 28.9. The first-order valence-corrected chi connectivity index (χ1v) is 32.3. The van der Waals surface area contributed by atoms with E-state index in [4.69, 9.17) is 0 Å². The lowest BCUT2D eigenvalue weighted by atomic mass is 9.48. The molecule has 80 heavy (non-hydrogen) atoms. The van der Waals surface area contributed by atoms with E-state index in [1.807, 2.05) is 47.0 Å². The summed E-state index contributed by atoms with van der Waals surface area (Å²) in [7, 11) is 0. The Hall–Kier alpha value is -7.45. The van der Waals surface area contributed by atoms with E-state index in [0.29, 0.717) is 6.54 Å². The van der Waals surface area contributed by atoms with Crippen molar-refractivity contribution in [2.75, 3.05) is 6.54 Å². The summed E-state index contributed by atoms with van der Waals surface area (Å²) in [6, 6.07) is -0.222. The molecule has 2 spiro atoms. The van der Waals surface area contributed by atoms with Gasteiger partial charge in [-0.25, -0.2) is 0 Å². The van der Waals surface area contributed by atoms with Crippen LogP contribution in [0.15, 0.2) is 29.6 Å². The zero-order valence-corrected chi connectivity index (χ0v) is 43.6.